The van der Waals surface area contributed by atoms with Gasteiger partial charge < -0.3 is 10.2 Å². The molecule has 15 heavy (non-hydrogen) atoms. The largest absolute Gasteiger partial charge is 0.365 e. The molecule has 2 aromatic rings. The van der Waals surface area contributed by atoms with Gasteiger partial charge in [0.05, 0.1) is 10.2 Å². The fraction of sp³-hybridized carbons (Fsp3) is 0.364. The summed E-state index contributed by atoms with van der Waals surface area (Å²) in [6.45, 7) is 0.975. The zero-order valence-electron chi connectivity index (χ0n) is 9.24. The minimum absolute atomic E-state index is 0.975. The molecule has 80 valence electrons. The fourth-order valence-electron chi connectivity index (χ4n) is 1.54. The van der Waals surface area contributed by atoms with Crippen LogP contribution in [0.5, 0.6) is 0 Å². The van der Waals surface area contributed by atoms with Gasteiger partial charge in [-0.2, -0.15) is 0 Å². The molecule has 0 aliphatic carbocycles. The Morgan fingerprint density at radius 3 is 2.87 bits per heavy atom. The van der Waals surface area contributed by atoms with E-state index in [9.17, 15) is 0 Å². The van der Waals surface area contributed by atoms with Gasteiger partial charge in [0.25, 0.3) is 0 Å². The second kappa shape index (κ2) is 4.16. The first-order valence-electron chi connectivity index (χ1n) is 4.91. The standard InChI is InChI=1S/C11H15N3S/c1-12-11-13-9-5-4-8(7-14(2)3)6-10(9)15-11/h4-6H,7H2,1-3H3,(H,12,13). The lowest BCUT2D eigenvalue weighted by Gasteiger charge is -2.08. The fourth-order valence-corrected chi connectivity index (χ4v) is 2.42. The van der Waals surface area contributed by atoms with Crippen LogP contribution in [0.25, 0.3) is 10.2 Å². The molecule has 1 aromatic carbocycles. The first kappa shape index (κ1) is 10.4. The van der Waals surface area contributed by atoms with Crippen LogP contribution in [0.1, 0.15) is 5.56 Å². The molecule has 0 aliphatic rings. The highest BCUT2D eigenvalue weighted by Gasteiger charge is 2.03. The van der Waals surface area contributed by atoms with E-state index in [4.69, 9.17) is 0 Å². The van der Waals surface area contributed by atoms with E-state index >= 15 is 0 Å². The molecule has 1 aromatic heterocycles. The van der Waals surface area contributed by atoms with Crippen LogP contribution in [0.2, 0.25) is 0 Å². The van der Waals surface area contributed by atoms with Gasteiger partial charge in [-0.3, -0.25) is 0 Å². The van der Waals surface area contributed by atoms with Crippen molar-refractivity contribution < 1.29 is 0 Å². The second-order valence-electron chi connectivity index (χ2n) is 3.81. The summed E-state index contributed by atoms with van der Waals surface area (Å²) in [6, 6.07) is 6.45. The minimum atomic E-state index is 0.975. The number of aromatic nitrogens is 1. The maximum absolute atomic E-state index is 4.45. The van der Waals surface area contributed by atoms with Crippen LogP contribution in [-0.2, 0) is 6.54 Å². The van der Waals surface area contributed by atoms with Crippen LogP contribution < -0.4 is 5.32 Å². The predicted octanol–water partition coefficient (Wildman–Crippen LogP) is 2.40. The number of anilines is 1. The number of thiazole rings is 1. The average Bonchev–Trinajstić information content (AvgIpc) is 2.58. The molecule has 1 heterocycles. The Balaban J connectivity index is 2.37. The van der Waals surface area contributed by atoms with E-state index in [1.807, 2.05) is 7.05 Å². The molecular formula is C11H15N3S. The van der Waals surface area contributed by atoms with Crippen molar-refractivity contribution in [1.82, 2.24) is 9.88 Å². The molecule has 0 radical (unpaired) electrons. The lowest BCUT2D eigenvalue weighted by Crippen LogP contribution is -2.10. The monoisotopic (exact) mass is 221 g/mol. The summed E-state index contributed by atoms with van der Waals surface area (Å²) in [7, 11) is 6.06. The Bertz CT molecular complexity index is 462. The van der Waals surface area contributed by atoms with E-state index in [0.29, 0.717) is 0 Å². The van der Waals surface area contributed by atoms with E-state index in [1.54, 1.807) is 11.3 Å². The zero-order valence-corrected chi connectivity index (χ0v) is 10.1. The van der Waals surface area contributed by atoms with Crippen LogP contribution in [0.4, 0.5) is 5.13 Å². The Labute approximate surface area is 93.7 Å². The van der Waals surface area contributed by atoms with E-state index in [1.165, 1.54) is 10.3 Å². The third-order valence-corrected chi connectivity index (χ3v) is 3.20. The van der Waals surface area contributed by atoms with Crippen LogP contribution in [0.3, 0.4) is 0 Å². The summed E-state index contributed by atoms with van der Waals surface area (Å²) in [4.78, 5) is 6.61. The molecule has 0 bridgehead atoms. The van der Waals surface area contributed by atoms with Crippen LogP contribution >= 0.6 is 11.3 Å². The number of hydrogen-bond donors (Lipinski definition) is 1. The molecule has 3 nitrogen and oxygen atoms in total. The smallest absolute Gasteiger partial charge is 0.183 e. The van der Waals surface area contributed by atoms with Gasteiger partial charge >= 0.3 is 0 Å². The SMILES string of the molecule is CNc1nc2ccc(CN(C)C)cc2s1. The first-order chi connectivity index (χ1) is 7.19. The van der Waals surface area contributed by atoms with Gasteiger partial charge in [0.15, 0.2) is 5.13 Å². The van der Waals surface area contributed by atoms with Crippen LogP contribution in [0.15, 0.2) is 18.2 Å². The van der Waals surface area contributed by atoms with Gasteiger partial charge in [0, 0.05) is 13.6 Å². The predicted molar refractivity (Wildman–Crippen MR) is 66.6 cm³/mol. The van der Waals surface area contributed by atoms with Crippen molar-refractivity contribution in [2.24, 2.45) is 0 Å². The summed E-state index contributed by atoms with van der Waals surface area (Å²) in [5.74, 6) is 0. The van der Waals surface area contributed by atoms with Crippen molar-refractivity contribution in [3.8, 4) is 0 Å². The Morgan fingerprint density at radius 2 is 2.20 bits per heavy atom. The van der Waals surface area contributed by atoms with E-state index in [2.05, 4.69) is 47.5 Å². The first-order valence-corrected chi connectivity index (χ1v) is 5.72. The van der Waals surface area contributed by atoms with Crippen molar-refractivity contribution in [3.63, 3.8) is 0 Å². The van der Waals surface area contributed by atoms with Gasteiger partial charge in [0.1, 0.15) is 0 Å². The molecule has 0 fully saturated rings. The van der Waals surface area contributed by atoms with Crippen molar-refractivity contribution in [2.75, 3.05) is 26.5 Å². The van der Waals surface area contributed by atoms with Gasteiger partial charge in [-0.1, -0.05) is 17.4 Å². The zero-order chi connectivity index (χ0) is 10.8. The van der Waals surface area contributed by atoms with Crippen molar-refractivity contribution in [1.29, 1.82) is 0 Å². The van der Waals surface area contributed by atoms with Gasteiger partial charge in [-0.25, -0.2) is 4.98 Å². The van der Waals surface area contributed by atoms with E-state index < -0.39 is 0 Å². The molecule has 0 spiro atoms. The maximum atomic E-state index is 4.45. The molecule has 0 unspecified atom stereocenters. The molecule has 0 saturated heterocycles. The summed E-state index contributed by atoms with van der Waals surface area (Å²) in [5, 5.41) is 4.05. The van der Waals surface area contributed by atoms with Crippen molar-refractivity contribution >= 4 is 26.7 Å². The molecule has 1 N–H and O–H groups in total. The molecule has 4 heteroatoms. The molecule has 0 atom stereocenters. The molecule has 0 aliphatic heterocycles. The lowest BCUT2D eigenvalue weighted by molar-refractivity contribution is 0.403. The molecule has 0 amide bonds. The van der Waals surface area contributed by atoms with Crippen molar-refractivity contribution in [3.05, 3.63) is 23.8 Å². The van der Waals surface area contributed by atoms with Crippen molar-refractivity contribution in [2.45, 2.75) is 6.54 Å². The topological polar surface area (TPSA) is 28.2 Å². The van der Waals surface area contributed by atoms with Gasteiger partial charge in [0.2, 0.25) is 0 Å². The van der Waals surface area contributed by atoms with Gasteiger partial charge in [-0.15, -0.1) is 0 Å². The number of nitrogens with zero attached hydrogens (tertiary/aromatic N) is 2. The van der Waals surface area contributed by atoms with Gasteiger partial charge in [-0.05, 0) is 31.8 Å². The second-order valence-corrected chi connectivity index (χ2v) is 4.84. The number of hydrogen-bond acceptors (Lipinski definition) is 4. The number of fused-ring (bicyclic) bond motifs is 1. The Hall–Kier alpha value is -1.13. The Kier molecular flexibility index (Phi) is 2.88. The third-order valence-electron chi connectivity index (χ3n) is 2.17. The number of benzene rings is 1. The van der Waals surface area contributed by atoms with Crippen LogP contribution in [0, 0.1) is 0 Å². The normalized spacial score (nSPS) is 11.2. The summed E-state index contributed by atoms with van der Waals surface area (Å²) >= 11 is 1.70. The van der Waals surface area contributed by atoms with E-state index in [-0.39, 0.29) is 0 Å². The lowest BCUT2D eigenvalue weighted by atomic mass is 10.2. The quantitative estimate of drug-likeness (QED) is 0.862. The minimum Gasteiger partial charge on any atom is -0.365 e. The molecule has 0 saturated carbocycles. The molecular weight excluding hydrogens is 206 g/mol. The maximum Gasteiger partial charge on any atom is 0.183 e. The van der Waals surface area contributed by atoms with Crippen LogP contribution in [-0.4, -0.2) is 31.0 Å². The highest BCUT2D eigenvalue weighted by atomic mass is 32.1. The Morgan fingerprint density at radius 1 is 1.40 bits per heavy atom. The highest BCUT2D eigenvalue weighted by molar-refractivity contribution is 7.22. The third kappa shape index (κ3) is 2.27. The average molecular weight is 221 g/mol. The summed E-state index contributed by atoms with van der Waals surface area (Å²) in [5.41, 5.74) is 2.41. The summed E-state index contributed by atoms with van der Waals surface area (Å²) < 4.78 is 1.25. The number of nitrogens with one attached hydrogen (secondary N) is 1. The number of rotatable bonds is 3. The van der Waals surface area contributed by atoms with E-state index in [0.717, 1.165) is 17.2 Å². The molecule has 2 rings (SSSR count). The summed E-state index contributed by atoms with van der Waals surface area (Å²) in [6.07, 6.45) is 0. The highest BCUT2D eigenvalue weighted by Crippen LogP contribution is 2.26.